The van der Waals surface area contributed by atoms with E-state index in [1.165, 1.54) is 7.11 Å². The zero-order chi connectivity index (χ0) is 17.1. The van der Waals surface area contributed by atoms with Crippen molar-refractivity contribution < 1.29 is 14.1 Å². The van der Waals surface area contributed by atoms with Gasteiger partial charge in [-0.1, -0.05) is 47.1 Å². The Kier molecular flexibility index (Phi) is 4.53. The zero-order valence-corrected chi connectivity index (χ0v) is 13.9. The maximum atomic E-state index is 12.7. The van der Waals surface area contributed by atoms with Gasteiger partial charge < -0.3 is 14.6 Å². The lowest BCUT2D eigenvalue weighted by atomic mass is 10.1. The number of carbonyl (C=O) groups is 1. The Morgan fingerprint density at radius 2 is 1.96 bits per heavy atom. The van der Waals surface area contributed by atoms with E-state index in [-0.39, 0.29) is 5.91 Å². The highest BCUT2D eigenvalue weighted by molar-refractivity contribution is 6.32. The van der Waals surface area contributed by atoms with Gasteiger partial charge in [-0.15, -0.1) is 0 Å². The number of halogens is 1. The van der Waals surface area contributed by atoms with E-state index in [1.54, 1.807) is 25.1 Å². The molecule has 1 heterocycles. The first kappa shape index (κ1) is 16.1. The molecule has 24 heavy (non-hydrogen) atoms. The minimum Gasteiger partial charge on any atom is -0.495 e. The molecule has 122 valence electrons. The second-order valence-electron chi connectivity index (χ2n) is 5.13. The van der Waals surface area contributed by atoms with E-state index < -0.39 is 0 Å². The highest BCUT2D eigenvalue weighted by atomic mass is 35.5. The molecular formula is C18H15ClN2O3. The Balaban J connectivity index is 1.91. The molecule has 0 saturated carbocycles. The fourth-order valence-electron chi connectivity index (χ4n) is 2.37. The van der Waals surface area contributed by atoms with Crippen molar-refractivity contribution in [2.45, 2.75) is 6.92 Å². The van der Waals surface area contributed by atoms with Gasteiger partial charge in [0.15, 0.2) is 0 Å². The quantitative estimate of drug-likeness (QED) is 0.754. The Labute approximate surface area is 144 Å². The molecular weight excluding hydrogens is 328 g/mol. The summed E-state index contributed by atoms with van der Waals surface area (Å²) in [6.07, 6.45) is 0. The van der Waals surface area contributed by atoms with Gasteiger partial charge in [-0.3, -0.25) is 4.79 Å². The summed E-state index contributed by atoms with van der Waals surface area (Å²) in [6, 6.07) is 14.4. The minimum atomic E-state index is -0.311. The first-order chi connectivity index (χ1) is 11.6. The summed E-state index contributed by atoms with van der Waals surface area (Å²) in [7, 11) is 1.53. The standard InChI is InChI=1S/C18H15ClN2O3/c1-11-16(17(21-24-11)12-6-4-3-5-7-12)18(22)20-13-8-9-15(23-2)14(19)10-13/h3-10H,1-2H3,(H,20,22). The van der Waals surface area contributed by atoms with Gasteiger partial charge in [0.1, 0.15) is 22.8 Å². The summed E-state index contributed by atoms with van der Waals surface area (Å²) in [5.41, 5.74) is 2.27. The number of aromatic nitrogens is 1. The average molecular weight is 343 g/mol. The molecule has 3 aromatic rings. The number of ether oxygens (including phenoxy) is 1. The molecule has 0 aliphatic heterocycles. The monoisotopic (exact) mass is 342 g/mol. The number of anilines is 1. The third kappa shape index (κ3) is 3.12. The van der Waals surface area contributed by atoms with Crippen molar-refractivity contribution in [3.63, 3.8) is 0 Å². The smallest absolute Gasteiger partial charge is 0.261 e. The van der Waals surface area contributed by atoms with E-state index in [1.807, 2.05) is 30.3 Å². The van der Waals surface area contributed by atoms with Crippen LogP contribution in [0.5, 0.6) is 5.75 Å². The predicted molar refractivity (Wildman–Crippen MR) is 92.6 cm³/mol. The minimum absolute atomic E-state index is 0.311. The number of hydrogen-bond donors (Lipinski definition) is 1. The van der Waals surface area contributed by atoms with E-state index in [4.69, 9.17) is 20.9 Å². The molecule has 1 amide bonds. The number of carbonyl (C=O) groups excluding carboxylic acids is 1. The van der Waals surface area contributed by atoms with Crippen LogP contribution in [0.25, 0.3) is 11.3 Å². The molecule has 0 unspecified atom stereocenters. The second-order valence-corrected chi connectivity index (χ2v) is 5.54. The second kappa shape index (κ2) is 6.76. The van der Waals surface area contributed by atoms with Gasteiger partial charge in [0, 0.05) is 11.3 Å². The van der Waals surface area contributed by atoms with Crippen LogP contribution in [0.15, 0.2) is 53.1 Å². The topological polar surface area (TPSA) is 64.4 Å². The molecule has 0 atom stereocenters. The van der Waals surface area contributed by atoms with E-state index in [2.05, 4.69) is 10.5 Å². The largest absolute Gasteiger partial charge is 0.495 e. The van der Waals surface area contributed by atoms with Gasteiger partial charge in [-0.05, 0) is 25.1 Å². The van der Waals surface area contributed by atoms with Crippen LogP contribution < -0.4 is 10.1 Å². The number of methoxy groups -OCH3 is 1. The Morgan fingerprint density at radius 1 is 1.21 bits per heavy atom. The number of rotatable bonds is 4. The van der Waals surface area contributed by atoms with Crippen LogP contribution in [0, 0.1) is 6.92 Å². The summed E-state index contributed by atoms with van der Waals surface area (Å²) >= 11 is 6.09. The molecule has 0 aliphatic rings. The maximum absolute atomic E-state index is 12.7. The molecule has 1 aromatic heterocycles. The van der Waals surface area contributed by atoms with Crippen molar-refractivity contribution in [3.05, 3.63) is 64.9 Å². The number of amides is 1. The molecule has 0 radical (unpaired) electrons. The average Bonchev–Trinajstić information content (AvgIpc) is 2.97. The molecule has 0 fully saturated rings. The summed E-state index contributed by atoms with van der Waals surface area (Å²) in [5, 5.41) is 7.24. The molecule has 0 aliphatic carbocycles. The maximum Gasteiger partial charge on any atom is 0.261 e. The first-order valence-corrected chi connectivity index (χ1v) is 7.64. The molecule has 0 bridgehead atoms. The number of hydrogen-bond acceptors (Lipinski definition) is 4. The molecule has 0 saturated heterocycles. The van der Waals surface area contributed by atoms with Crippen LogP contribution >= 0.6 is 11.6 Å². The van der Waals surface area contributed by atoms with Crippen LogP contribution in [0.2, 0.25) is 5.02 Å². The third-order valence-corrected chi connectivity index (χ3v) is 3.84. The van der Waals surface area contributed by atoms with Crippen LogP contribution in [-0.4, -0.2) is 18.2 Å². The fraction of sp³-hybridized carbons (Fsp3) is 0.111. The van der Waals surface area contributed by atoms with Crippen molar-refractivity contribution in [3.8, 4) is 17.0 Å². The molecule has 6 heteroatoms. The van der Waals surface area contributed by atoms with E-state index in [0.29, 0.717) is 33.5 Å². The van der Waals surface area contributed by atoms with E-state index in [9.17, 15) is 4.79 Å². The first-order valence-electron chi connectivity index (χ1n) is 7.26. The Morgan fingerprint density at radius 3 is 2.62 bits per heavy atom. The van der Waals surface area contributed by atoms with Crippen LogP contribution in [0.1, 0.15) is 16.1 Å². The number of aryl methyl sites for hydroxylation is 1. The van der Waals surface area contributed by atoms with Crippen molar-refractivity contribution in [2.75, 3.05) is 12.4 Å². The van der Waals surface area contributed by atoms with Crippen LogP contribution in [-0.2, 0) is 0 Å². The van der Waals surface area contributed by atoms with E-state index in [0.717, 1.165) is 5.56 Å². The lowest BCUT2D eigenvalue weighted by Gasteiger charge is -2.08. The van der Waals surface area contributed by atoms with Gasteiger partial charge >= 0.3 is 0 Å². The van der Waals surface area contributed by atoms with Crippen LogP contribution in [0.4, 0.5) is 5.69 Å². The van der Waals surface area contributed by atoms with E-state index >= 15 is 0 Å². The summed E-state index contributed by atoms with van der Waals surface area (Å²) in [4.78, 5) is 12.7. The molecule has 0 spiro atoms. The SMILES string of the molecule is COc1ccc(NC(=O)c2c(-c3ccccc3)noc2C)cc1Cl. The van der Waals surface area contributed by atoms with Gasteiger partial charge in [-0.2, -0.15) is 0 Å². The number of benzene rings is 2. The van der Waals surface area contributed by atoms with Gasteiger partial charge in [0.25, 0.3) is 5.91 Å². The summed E-state index contributed by atoms with van der Waals surface area (Å²) in [6.45, 7) is 1.70. The molecule has 3 rings (SSSR count). The normalized spacial score (nSPS) is 10.5. The summed E-state index contributed by atoms with van der Waals surface area (Å²) < 4.78 is 10.3. The third-order valence-electron chi connectivity index (χ3n) is 3.55. The van der Waals surface area contributed by atoms with Crippen LogP contribution in [0.3, 0.4) is 0 Å². The number of nitrogens with one attached hydrogen (secondary N) is 1. The molecule has 2 aromatic carbocycles. The van der Waals surface area contributed by atoms with Crippen molar-refractivity contribution in [1.29, 1.82) is 0 Å². The predicted octanol–water partition coefficient (Wildman–Crippen LogP) is 4.56. The summed E-state index contributed by atoms with van der Waals surface area (Å²) in [5.74, 6) is 0.681. The fourth-order valence-corrected chi connectivity index (χ4v) is 2.63. The molecule has 5 nitrogen and oxygen atoms in total. The van der Waals surface area contributed by atoms with Gasteiger partial charge in [0.05, 0.1) is 12.1 Å². The number of nitrogens with zero attached hydrogens (tertiary/aromatic N) is 1. The molecule has 1 N–H and O–H groups in total. The van der Waals surface area contributed by atoms with Gasteiger partial charge in [0.2, 0.25) is 0 Å². The highest BCUT2D eigenvalue weighted by Gasteiger charge is 2.21. The highest BCUT2D eigenvalue weighted by Crippen LogP contribution is 2.29. The Hall–Kier alpha value is -2.79. The lowest BCUT2D eigenvalue weighted by Crippen LogP contribution is -2.13. The van der Waals surface area contributed by atoms with Crippen molar-refractivity contribution in [1.82, 2.24) is 5.16 Å². The zero-order valence-electron chi connectivity index (χ0n) is 13.2. The van der Waals surface area contributed by atoms with Crippen molar-refractivity contribution >= 4 is 23.2 Å². The van der Waals surface area contributed by atoms with Crippen molar-refractivity contribution in [2.24, 2.45) is 0 Å². The van der Waals surface area contributed by atoms with Gasteiger partial charge in [-0.25, -0.2) is 0 Å². The Bertz CT molecular complexity index is 875. The lowest BCUT2D eigenvalue weighted by molar-refractivity contribution is 0.102.